The van der Waals surface area contributed by atoms with Crippen LogP contribution in [0.15, 0.2) is 18.2 Å². The van der Waals surface area contributed by atoms with Crippen LogP contribution in [-0.2, 0) is 0 Å². The Morgan fingerprint density at radius 3 is 2.95 bits per heavy atom. The highest BCUT2D eigenvalue weighted by atomic mass is 16.3. The summed E-state index contributed by atoms with van der Waals surface area (Å²) in [5, 5.41) is 15.7. The number of carbonyl (C=O) groups is 1. The van der Waals surface area contributed by atoms with Gasteiger partial charge in [0.25, 0.3) is 5.91 Å². The first-order valence-electron chi connectivity index (χ1n) is 6.79. The van der Waals surface area contributed by atoms with Gasteiger partial charge in [-0.05, 0) is 55.5 Å². The molecule has 104 valence electrons. The molecule has 0 aromatic heterocycles. The van der Waals surface area contributed by atoms with E-state index in [9.17, 15) is 9.90 Å². The van der Waals surface area contributed by atoms with Gasteiger partial charge >= 0.3 is 0 Å². The molecule has 1 fully saturated rings. The van der Waals surface area contributed by atoms with Gasteiger partial charge < -0.3 is 15.7 Å². The zero-order valence-corrected chi connectivity index (χ0v) is 11.6. The lowest BCUT2D eigenvalue weighted by Crippen LogP contribution is -2.45. The summed E-state index contributed by atoms with van der Waals surface area (Å²) in [5.41, 5.74) is 1.56. The van der Waals surface area contributed by atoms with E-state index in [0.717, 1.165) is 31.5 Å². The van der Waals surface area contributed by atoms with Crippen molar-refractivity contribution in [1.29, 1.82) is 0 Å². The molecule has 1 amide bonds. The third-order valence-corrected chi connectivity index (χ3v) is 3.82. The number of aromatic hydroxyl groups is 1. The summed E-state index contributed by atoms with van der Waals surface area (Å²) in [5.74, 6) is 0.127. The topological polar surface area (TPSA) is 61.4 Å². The third kappa shape index (κ3) is 3.47. The first-order valence-corrected chi connectivity index (χ1v) is 6.79. The molecule has 0 aliphatic carbocycles. The van der Waals surface area contributed by atoms with Gasteiger partial charge in [-0.3, -0.25) is 4.79 Å². The van der Waals surface area contributed by atoms with Crippen molar-refractivity contribution in [2.24, 2.45) is 5.41 Å². The number of phenolic OH excluding ortho intramolecular Hbond substituents is 1. The van der Waals surface area contributed by atoms with Crippen LogP contribution in [0.3, 0.4) is 0 Å². The summed E-state index contributed by atoms with van der Waals surface area (Å²) < 4.78 is 0. The van der Waals surface area contributed by atoms with Crippen molar-refractivity contribution < 1.29 is 9.90 Å². The Balaban J connectivity index is 1.97. The van der Waals surface area contributed by atoms with Crippen molar-refractivity contribution in [3.63, 3.8) is 0 Å². The van der Waals surface area contributed by atoms with Gasteiger partial charge in [0.2, 0.25) is 0 Å². The normalized spacial score (nSPS) is 23.1. The fourth-order valence-electron chi connectivity index (χ4n) is 2.56. The molecule has 0 radical (unpaired) electrons. The predicted molar refractivity (Wildman–Crippen MR) is 75.4 cm³/mol. The van der Waals surface area contributed by atoms with Crippen LogP contribution in [0.2, 0.25) is 0 Å². The number of aryl methyl sites for hydroxylation is 1. The lowest BCUT2D eigenvalue weighted by atomic mass is 9.83. The Morgan fingerprint density at radius 1 is 1.53 bits per heavy atom. The maximum Gasteiger partial charge on any atom is 0.251 e. The molecule has 0 spiro atoms. The number of hydrogen-bond donors (Lipinski definition) is 3. The first-order chi connectivity index (χ1) is 9.00. The standard InChI is InChI=1S/C15H22N2O2/c1-11-8-12(18)4-5-13(11)14(19)17-10-15(2)6-3-7-16-9-15/h4-5,8,16,18H,3,6-7,9-10H2,1-2H3,(H,17,19). The molecule has 0 saturated carbocycles. The molecule has 1 heterocycles. The van der Waals surface area contributed by atoms with E-state index < -0.39 is 0 Å². The summed E-state index contributed by atoms with van der Waals surface area (Å²) in [7, 11) is 0. The van der Waals surface area contributed by atoms with E-state index in [1.807, 2.05) is 6.92 Å². The average molecular weight is 262 g/mol. The van der Waals surface area contributed by atoms with E-state index in [4.69, 9.17) is 0 Å². The Hall–Kier alpha value is -1.55. The zero-order chi connectivity index (χ0) is 13.9. The quantitative estimate of drug-likeness (QED) is 0.778. The molecule has 19 heavy (non-hydrogen) atoms. The highest BCUT2D eigenvalue weighted by molar-refractivity contribution is 5.95. The van der Waals surface area contributed by atoms with Gasteiger partial charge in [-0.25, -0.2) is 0 Å². The minimum Gasteiger partial charge on any atom is -0.508 e. The first kappa shape index (κ1) is 13.9. The maximum atomic E-state index is 12.1. The Morgan fingerprint density at radius 2 is 2.32 bits per heavy atom. The minimum absolute atomic E-state index is 0.0655. The van der Waals surface area contributed by atoms with Gasteiger partial charge in [0.1, 0.15) is 5.75 Å². The Kier molecular flexibility index (Phi) is 4.10. The van der Waals surface area contributed by atoms with Crippen molar-refractivity contribution >= 4 is 5.91 Å². The monoisotopic (exact) mass is 262 g/mol. The number of benzene rings is 1. The average Bonchev–Trinajstić information content (AvgIpc) is 2.37. The predicted octanol–water partition coefficient (Wildman–Crippen LogP) is 1.82. The van der Waals surface area contributed by atoms with Crippen molar-refractivity contribution in [2.75, 3.05) is 19.6 Å². The van der Waals surface area contributed by atoms with E-state index in [-0.39, 0.29) is 17.1 Å². The van der Waals surface area contributed by atoms with Crippen LogP contribution in [0.5, 0.6) is 5.75 Å². The number of amides is 1. The van der Waals surface area contributed by atoms with Crippen molar-refractivity contribution in [3.05, 3.63) is 29.3 Å². The lowest BCUT2D eigenvalue weighted by molar-refractivity contribution is 0.0924. The van der Waals surface area contributed by atoms with Gasteiger partial charge in [0.15, 0.2) is 0 Å². The number of piperidine rings is 1. The van der Waals surface area contributed by atoms with Gasteiger partial charge in [0, 0.05) is 18.7 Å². The second kappa shape index (κ2) is 5.61. The fraction of sp³-hybridized carbons (Fsp3) is 0.533. The highest BCUT2D eigenvalue weighted by Gasteiger charge is 2.27. The van der Waals surface area contributed by atoms with Crippen LogP contribution >= 0.6 is 0 Å². The van der Waals surface area contributed by atoms with Gasteiger partial charge in [-0.15, -0.1) is 0 Å². The number of nitrogens with one attached hydrogen (secondary N) is 2. The molecule has 4 nitrogen and oxygen atoms in total. The van der Waals surface area contributed by atoms with E-state index in [1.54, 1.807) is 18.2 Å². The smallest absolute Gasteiger partial charge is 0.251 e. The lowest BCUT2D eigenvalue weighted by Gasteiger charge is -2.34. The SMILES string of the molecule is Cc1cc(O)ccc1C(=O)NCC1(C)CCCNC1. The van der Waals surface area contributed by atoms with Crippen molar-refractivity contribution in [1.82, 2.24) is 10.6 Å². The van der Waals surface area contributed by atoms with Crippen LogP contribution < -0.4 is 10.6 Å². The van der Waals surface area contributed by atoms with Crippen LogP contribution in [-0.4, -0.2) is 30.6 Å². The molecule has 1 saturated heterocycles. The maximum absolute atomic E-state index is 12.1. The largest absolute Gasteiger partial charge is 0.508 e. The summed E-state index contributed by atoms with van der Waals surface area (Å²) in [6, 6.07) is 4.83. The molecule has 4 heteroatoms. The minimum atomic E-state index is -0.0655. The van der Waals surface area contributed by atoms with Crippen LogP contribution in [0.4, 0.5) is 0 Å². The molecule has 0 bridgehead atoms. The summed E-state index contributed by atoms with van der Waals surface area (Å²) >= 11 is 0. The van der Waals surface area contributed by atoms with E-state index in [2.05, 4.69) is 17.6 Å². The molecular weight excluding hydrogens is 240 g/mol. The van der Waals surface area contributed by atoms with Crippen molar-refractivity contribution in [3.8, 4) is 5.75 Å². The van der Waals surface area contributed by atoms with E-state index >= 15 is 0 Å². The molecule has 1 atom stereocenters. The zero-order valence-electron chi connectivity index (χ0n) is 11.6. The molecule has 1 unspecified atom stereocenters. The van der Waals surface area contributed by atoms with E-state index in [1.165, 1.54) is 0 Å². The Bertz CT molecular complexity index is 465. The molecular formula is C15H22N2O2. The van der Waals surface area contributed by atoms with Gasteiger partial charge in [-0.2, -0.15) is 0 Å². The fourth-order valence-corrected chi connectivity index (χ4v) is 2.56. The second-order valence-electron chi connectivity index (χ2n) is 5.77. The van der Waals surface area contributed by atoms with Gasteiger partial charge in [0.05, 0.1) is 0 Å². The molecule has 3 N–H and O–H groups in total. The molecule has 1 aromatic carbocycles. The summed E-state index contributed by atoms with van der Waals surface area (Å²) in [4.78, 5) is 12.1. The molecule has 1 aliphatic rings. The van der Waals surface area contributed by atoms with Gasteiger partial charge in [-0.1, -0.05) is 6.92 Å². The molecule has 2 rings (SSSR count). The summed E-state index contributed by atoms with van der Waals surface area (Å²) in [6.07, 6.45) is 2.29. The Labute approximate surface area is 114 Å². The van der Waals surface area contributed by atoms with Crippen LogP contribution in [0.1, 0.15) is 35.7 Å². The van der Waals surface area contributed by atoms with Crippen LogP contribution in [0, 0.1) is 12.3 Å². The summed E-state index contributed by atoms with van der Waals surface area (Å²) in [6.45, 7) is 6.73. The van der Waals surface area contributed by atoms with Crippen LogP contribution in [0.25, 0.3) is 0 Å². The molecule has 1 aliphatic heterocycles. The number of phenols is 1. The second-order valence-corrected chi connectivity index (χ2v) is 5.77. The number of carbonyl (C=O) groups excluding carboxylic acids is 1. The highest BCUT2D eigenvalue weighted by Crippen LogP contribution is 2.24. The van der Waals surface area contributed by atoms with E-state index in [0.29, 0.717) is 12.1 Å². The third-order valence-electron chi connectivity index (χ3n) is 3.82. The van der Waals surface area contributed by atoms with Crippen molar-refractivity contribution in [2.45, 2.75) is 26.7 Å². The number of rotatable bonds is 3. The molecule has 1 aromatic rings. The number of hydrogen-bond acceptors (Lipinski definition) is 3.